The van der Waals surface area contributed by atoms with Gasteiger partial charge in [-0.1, -0.05) is 23.7 Å². The van der Waals surface area contributed by atoms with Gasteiger partial charge in [-0.2, -0.15) is 0 Å². The number of hydrogen-bond acceptors (Lipinski definition) is 3. The zero-order valence-corrected chi connectivity index (χ0v) is 10.8. The van der Waals surface area contributed by atoms with Crippen molar-refractivity contribution < 1.29 is 4.79 Å². The van der Waals surface area contributed by atoms with E-state index in [1.807, 2.05) is 24.3 Å². The number of carbonyl (C=O) groups excluding carboxylic acids is 1. The van der Waals surface area contributed by atoms with E-state index in [1.54, 1.807) is 18.5 Å². The van der Waals surface area contributed by atoms with E-state index in [9.17, 15) is 4.79 Å². The second kappa shape index (κ2) is 4.97. The molecule has 4 nitrogen and oxygen atoms in total. The normalized spacial score (nSPS) is 20.9. The molecule has 0 radical (unpaired) electrons. The summed E-state index contributed by atoms with van der Waals surface area (Å²) in [6, 6.07) is 9.37. The molecule has 19 heavy (non-hydrogen) atoms. The zero-order valence-electron chi connectivity index (χ0n) is 10.1. The van der Waals surface area contributed by atoms with E-state index in [1.165, 1.54) is 0 Å². The Morgan fingerprint density at radius 1 is 1.26 bits per heavy atom. The standard InChI is InChI=1S/C14H12ClN3O/c15-10-4-1-3-9(7-10)11-8-12(11)13(19)18-14-16-5-2-6-17-14/h1-7,11-12H,8H2,(H,16,17,18,19)/t11-,12-/m0/s1. The van der Waals surface area contributed by atoms with E-state index in [4.69, 9.17) is 11.6 Å². The number of nitrogens with one attached hydrogen (secondary N) is 1. The zero-order chi connectivity index (χ0) is 13.2. The minimum Gasteiger partial charge on any atom is -0.294 e. The molecule has 3 rings (SSSR count). The van der Waals surface area contributed by atoms with Gasteiger partial charge in [0, 0.05) is 23.3 Å². The lowest BCUT2D eigenvalue weighted by molar-refractivity contribution is -0.117. The van der Waals surface area contributed by atoms with Crippen molar-refractivity contribution in [2.24, 2.45) is 5.92 Å². The molecular formula is C14H12ClN3O. The summed E-state index contributed by atoms with van der Waals surface area (Å²) >= 11 is 5.95. The van der Waals surface area contributed by atoms with Crippen molar-refractivity contribution in [3.8, 4) is 0 Å². The Kier molecular flexibility index (Phi) is 3.17. The van der Waals surface area contributed by atoms with E-state index >= 15 is 0 Å². The molecule has 1 aromatic carbocycles. The molecule has 0 aliphatic heterocycles. The summed E-state index contributed by atoms with van der Waals surface area (Å²) in [7, 11) is 0. The summed E-state index contributed by atoms with van der Waals surface area (Å²) in [5, 5.41) is 3.43. The number of nitrogens with zero attached hydrogens (tertiary/aromatic N) is 2. The quantitative estimate of drug-likeness (QED) is 0.935. The van der Waals surface area contributed by atoms with Crippen LogP contribution in [0.25, 0.3) is 0 Å². The van der Waals surface area contributed by atoms with Crippen LogP contribution >= 0.6 is 11.6 Å². The molecule has 1 saturated carbocycles. The van der Waals surface area contributed by atoms with Crippen molar-refractivity contribution in [3.63, 3.8) is 0 Å². The van der Waals surface area contributed by atoms with Crippen LogP contribution in [0, 0.1) is 5.92 Å². The minimum atomic E-state index is -0.0313. The average Bonchev–Trinajstić information content (AvgIpc) is 3.20. The molecule has 0 bridgehead atoms. The number of halogens is 1. The molecule has 1 fully saturated rings. The Hall–Kier alpha value is -1.94. The first kappa shape index (κ1) is 12.1. The maximum atomic E-state index is 12.0. The number of anilines is 1. The lowest BCUT2D eigenvalue weighted by Crippen LogP contribution is -2.16. The summed E-state index contributed by atoms with van der Waals surface area (Å²) in [4.78, 5) is 20.0. The molecule has 5 heteroatoms. The van der Waals surface area contributed by atoms with Crippen LogP contribution in [-0.4, -0.2) is 15.9 Å². The Balaban J connectivity index is 1.65. The number of rotatable bonds is 3. The van der Waals surface area contributed by atoms with Gasteiger partial charge in [-0.05, 0) is 36.1 Å². The Morgan fingerprint density at radius 2 is 2.05 bits per heavy atom. The molecule has 2 aromatic rings. The molecule has 0 unspecified atom stereocenters. The Bertz CT molecular complexity index is 603. The summed E-state index contributed by atoms with van der Waals surface area (Å²) in [6.45, 7) is 0. The lowest BCUT2D eigenvalue weighted by atomic mass is 10.1. The van der Waals surface area contributed by atoms with E-state index in [2.05, 4.69) is 15.3 Å². The van der Waals surface area contributed by atoms with E-state index < -0.39 is 0 Å². The predicted octanol–water partition coefficient (Wildman–Crippen LogP) is 2.87. The smallest absolute Gasteiger partial charge is 0.230 e. The largest absolute Gasteiger partial charge is 0.294 e. The number of hydrogen-bond donors (Lipinski definition) is 1. The highest BCUT2D eigenvalue weighted by atomic mass is 35.5. The van der Waals surface area contributed by atoms with Crippen LogP contribution in [0.3, 0.4) is 0 Å². The molecule has 0 saturated heterocycles. The molecule has 1 amide bonds. The molecule has 0 spiro atoms. The summed E-state index contributed by atoms with van der Waals surface area (Å²) in [5.74, 6) is 0.560. The van der Waals surface area contributed by atoms with Crippen molar-refractivity contribution >= 4 is 23.5 Å². The van der Waals surface area contributed by atoms with E-state index in [0.29, 0.717) is 11.0 Å². The third-order valence-electron chi connectivity index (χ3n) is 3.20. The molecule has 2 atom stereocenters. The van der Waals surface area contributed by atoms with Gasteiger partial charge in [0.25, 0.3) is 0 Å². The third-order valence-corrected chi connectivity index (χ3v) is 3.44. The van der Waals surface area contributed by atoms with Crippen LogP contribution in [0.4, 0.5) is 5.95 Å². The second-order valence-corrected chi connectivity index (χ2v) is 5.00. The van der Waals surface area contributed by atoms with Crippen molar-refractivity contribution in [1.29, 1.82) is 0 Å². The predicted molar refractivity (Wildman–Crippen MR) is 73.0 cm³/mol. The summed E-state index contributed by atoms with van der Waals surface area (Å²) in [6.07, 6.45) is 4.05. The van der Waals surface area contributed by atoms with Gasteiger partial charge in [0.1, 0.15) is 0 Å². The van der Waals surface area contributed by atoms with E-state index in [0.717, 1.165) is 12.0 Å². The van der Waals surface area contributed by atoms with Crippen molar-refractivity contribution in [2.75, 3.05) is 5.32 Å². The van der Waals surface area contributed by atoms with Gasteiger partial charge in [-0.15, -0.1) is 0 Å². The van der Waals surface area contributed by atoms with Crippen LogP contribution in [0.15, 0.2) is 42.7 Å². The van der Waals surface area contributed by atoms with Crippen LogP contribution < -0.4 is 5.32 Å². The highest BCUT2D eigenvalue weighted by Crippen LogP contribution is 2.48. The number of aromatic nitrogens is 2. The summed E-state index contributed by atoms with van der Waals surface area (Å²) in [5.41, 5.74) is 1.11. The molecule has 1 heterocycles. The fourth-order valence-electron chi connectivity index (χ4n) is 2.16. The van der Waals surface area contributed by atoms with Gasteiger partial charge in [0.05, 0.1) is 0 Å². The fraction of sp³-hybridized carbons (Fsp3) is 0.214. The van der Waals surface area contributed by atoms with Crippen LogP contribution in [0.5, 0.6) is 0 Å². The van der Waals surface area contributed by atoms with Gasteiger partial charge in [-0.3, -0.25) is 10.1 Å². The molecule has 1 aliphatic rings. The first-order valence-electron chi connectivity index (χ1n) is 6.07. The number of carbonyl (C=O) groups is 1. The Labute approximate surface area is 115 Å². The first-order chi connectivity index (χ1) is 9.24. The molecule has 1 aromatic heterocycles. The van der Waals surface area contributed by atoms with Crippen LogP contribution in [0.1, 0.15) is 17.9 Å². The van der Waals surface area contributed by atoms with Gasteiger partial charge >= 0.3 is 0 Å². The SMILES string of the molecule is O=C(Nc1ncccn1)[C@H]1C[C@H]1c1cccc(Cl)c1. The highest BCUT2D eigenvalue weighted by molar-refractivity contribution is 6.30. The molecule has 1 aliphatic carbocycles. The summed E-state index contributed by atoms with van der Waals surface area (Å²) < 4.78 is 0. The monoisotopic (exact) mass is 273 g/mol. The van der Waals surface area contributed by atoms with Gasteiger partial charge in [0.15, 0.2) is 0 Å². The van der Waals surface area contributed by atoms with Crippen molar-refractivity contribution in [1.82, 2.24) is 9.97 Å². The topological polar surface area (TPSA) is 54.9 Å². The fourth-order valence-corrected chi connectivity index (χ4v) is 2.36. The van der Waals surface area contributed by atoms with Crippen molar-refractivity contribution in [2.45, 2.75) is 12.3 Å². The Morgan fingerprint density at radius 3 is 2.79 bits per heavy atom. The lowest BCUT2D eigenvalue weighted by Gasteiger charge is -2.03. The molecule has 96 valence electrons. The van der Waals surface area contributed by atoms with Gasteiger partial charge in [-0.25, -0.2) is 9.97 Å². The van der Waals surface area contributed by atoms with Crippen LogP contribution in [0.2, 0.25) is 5.02 Å². The maximum absolute atomic E-state index is 12.0. The maximum Gasteiger partial charge on any atom is 0.230 e. The van der Waals surface area contributed by atoms with Crippen molar-refractivity contribution in [3.05, 3.63) is 53.3 Å². The van der Waals surface area contributed by atoms with Gasteiger partial charge < -0.3 is 0 Å². The second-order valence-electron chi connectivity index (χ2n) is 4.57. The number of benzene rings is 1. The first-order valence-corrected chi connectivity index (χ1v) is 6.45. The highest BCUT2D eigenvalue weighted by Gasteiger charge is 2.44. The minimum absolute atomic E-state index is 0.0118. The number of amides is 1. The molecular weight excluding hydrogens is 262 g/mol. The molecule has 1 N–H and O–H groups in total. The van der Waals surface area contributed by atoms with Crippen LogP contribution in [-0.2, 0) is 4.79 Å². The van der Waals surface area contributed by atoms with E-state index in [-0.39, 0.29) is 17.7 Å². The van der Waals surface area contributed by atoms with Gasteiger partial charge in [0.2, 0.25) is 11.9 Å². The average molecular weight is 274 g/mol. The third kappa shape index (κ3) is 2.74.